The second-order valence-corrected chi connectivity index (χ2v) is 3.53. The SMILES string of the molecule is COc1ccc(CNC(=O)Br)c(OC)c1. The second kappa shape index (κ2) is 5.60. The van der Waals surface area contributed by atoms with E-state index in [4.69, 9.17) is 9.47 Å². The molecule has 1 aromatic rings. The Hall–Kier alpha value is -1.23. The van der Waals surface area contributed by atoms with Crippen molar-refractivity contribution in [3.63, 3.8) is 0 Å². The van der Waals surface area contributed by atoms with Crippen LogP contribution in [0.3, 0.4) is 0 Å². The summed E-state index contributed by atoms with van der Waals surface area (Å²) in [6, 6.07) is 5.44. The number of carbonyl (C=O) groups excluding carboxylic acids is 1. The van der Waals surface area contributed by atoms with Crippen molar-refractivity contribution < 1.29 is 14.3 Å². The van der Waals surface area contributed by atoms with E-state index in [9.17, 15) is 4.79 Å². The average molecular weight is 274 g/mol. The molecule has 0 aromatic heterocycles. The van der Waals surface area contributed by atoms with Crippen LogP contribution < -0.4 is 14.8 Å². The van der Waals surface area contributed by atoms with Gasteiger partial charge in [-0.05, 0) is 12.1 Å². The van der Waals surface area contributed by atoms with Gasteiger partial charge in [-0.2, -0.15) is 0 Å². The normalized spacial score (nSPS) is 9.53. The van der Waals surface area contributed by atoms with E-state index in [1.54, 1.807) is 20.3 Å². The number of amides is 1. The van der Waals surface area contributed by atoms with Crippen molar-refractivity contribution in [2.24, 2.45) is 0 Å². The quantitative estimate of drug-likeness (QED) is 0.677. The zero-order chi connectivity index (χ0) is 11.3. The molecule has 1 aromatic carbocycles. The number of rotatable bonds is 4. The van der Waals surface area contributed by atoms with Crippen molar-refractivity contribution in [2.75, 3.05) is 14.2 Å². The zero-order valence-corrected chi connectivity index (χ0v) is 10.1. The summed E-state index contributed by atoms with van der Waals surface area (Å²) in [4.78, 5) is 10.4. The molecule has 0 radical (unpaired) electrons. The first-order valence-corrected chi connectivity index (χ1v) is 5.11. The van der Waals surface area contributed by atoms with Crippen molar-refractivity contribution >= 4 is 20.7 Å². The molecule has 1 N–H and O–H groups in total. The Kier molecular flexibility index (Phi) is 4.42. The van der Waals surface area contributed by atoms with Crippen molar-refractivity contribution in [3.05, 3.63) is 23.8 Å². The van der Waals surface area contributed by atoms with Gasteiger partial charge in [0, 0.05) is 34.1 Å². The summed E-state index contributed by atoms with van der Waals surface area (Å²) in [5.74, 6) is 1.41. The Morgan fingerprint density at radius 3 is 2.67 bits per heavy atom. The van der Waals surface area contributed by atoms with Crippen LogP contribution in [0.25, 0.3) is 0 Å². The number of nitrogens with one attached hydrogen (secondary N) is 1. The van der Waals surface area contributed by atoms with E-state index in [0.29, 0.717) is 12.3 Å². The summed E-state index contributed by atoms with van der Waals surface area (Å²) < 4.78 is 10.2. The minimum Gasteiger partial charge on any atom is -0.497 e. The predicted octanol–water partition coefficient (Wildman–Crippen LogP) is 2.31. The summed E-state index contributed by atoms with van der Waals surface area (Å²) in [5.41, 5.74) is 0.895. The molecule has 0 atom stereocenters. The third-order valence-corrected chi connectivity index (χ3v) is 2.19. The molecule has 5 heteroatoms. The summed E-state index contributed by atoms with van der Waals surface area (Å²) in [7, 11) is 3.17. The lowest BCUT2D eigenvalue weighted by atomic mass is 10.2. The fraction of sp³-hybridized carbons (Fsp3) is 0.300. The zero-order valence-electron chi connectivity index (χ0n) is 8.54. The van der Waals surface area contributed by atoms with Crippen LogP contribution in [0.15, 0.2) is 18.2 Å². The van der Waals surface area contributed by atoms with Crippen LogP contribution in [0.5, 0.6) is 11.5 Å². The number of hydrogen-bond donors (Lipinski definition) is 1. The van der Waals surface area contributed by atoms with Gasteiger partial charge in [0.25, 0.3) is 4.82 Å². The van der Waals surface area contributed by atoms with E-state index in [2.05, 4.69) is 21.2 Å². The molecular weight excluding hydrogens is 262 g/mol. The largest absolute Gasteiger partial charge is 0.497 e. The Morgan fingerprint density at radius 1 is 1.40 bits per heavy atom. The molecule has 0 saturated heterocycles. The minimum absolute atomic E-state index is 0.250. The van der Waals surface area contributed by atoms with E-state index in [-0.39, 0.29) is 4.82 Å². The molecule has 1 amide bonds. The van der Waals surface area contributed by atoms with Crippen LogP contribution in [-0.4, -0.2) is 19.0 Å². The monoisotopic (exact) mass is 273 g/mol. The first-order chi connectivity index (χ1) is 7.17. The molecule has 1 rings (SSSR count). The van der Waals surface area contributed by atoms with Crippen LogP contribution in [0, 0.1) is 0 Å². The van der Waals surface area contributed by atoms with Crippen LogP contribution >= 0.6 is 15.9 Å². The first kappa shape index (κ1) is 11.8. The third-order valence-electron chi connectivity index (χ3n) is 1.91. The number of ether oxygens (including phenoxy) is 2. The summed E-state index contributed by atoms with van der Waals surface area (Å²) in [6.45, 7) is 0.414. The van der Waals surface area contributed by atoms with Crippen molar-refractivity contribution in [2.45, 2.75) is 6.54 Å². The highest BCUT2D eigenvalue weighted by Gasteiger charge is 2.05. The maximum absolute atomic E-state index is 10.7. The van der Waals surface area contributed by atoms with Gasteiger partial charge >= 0.3 is 0 Å². The Labute approximate surface area is 96.7 Å². The average Bonchev–Trinajstić information content (AvgIpc) is 2.25. The molecule has 0 aliphatic rings. The van der Waals surface area contributed by atoms with Gasteiger partial charge in [-0.3, -0.25) is 4.79 Å². The van der Waals surface area contributed by atoms with Crippen molar-refractivity contribution in [1.29, 1.82) is 0 Å². The molecule has 0 spiro atoms. The molecule has 0 aliphatic carbocycles. The van der Waals surface area contributed by atoms with Gasteiger partial charge in [0.15, 0.2) is 0 Å². The van der Waals surface area contributed by atoms with Crippen LogP contribution in [0.1, 0.15) is 5.56 Å². The fourth-order valence-electron chi connectivity index (χ4n) is 1.16. The topological polar surface area (TPSA) is 47.6 Å². The Bertz CT molecular complexity index is 355. The molecular formula is C10H12BrNO3. The molecule has 15 heavy (non-hydrogen) atoms. The van der Waals surface area contributed by atoms with E-state index in [1.165, 1.54) is 0 Å². The maximum atomic E-state index is 10.7. The third kappa shape index (κ3) is 3.43. The number of carbonyl (C=O) groups is 1. The van der Waals surface area contributed by atoms with Gasteiger partial charge in [-0.25, -0.2) is 0 Å². The van der Waals surface area contributed by atoms with Crippen LogP contribution in [0.2, 0.25) is 0 Å². The van der Waals surface area contributed by atoms with Gasteiger partial charge in [0.05, 0.1) is 14.2 Å². The summed E-state index contributed by atoms with van der Waals surface area (Å²) in [5, 5.41) is 2.63. The molecule has 0 bridgehead atoms. The van der Waals surface area contributed by atoms with E-state index >= 15 is 0 Å². The number of methoxy groups -OCH3 is 2. The molecule has 0 saturated carbocycles. The van der Waals surface area contributed by atoms with Crippen LogP contribution in [-0.2, 0) is 6.54 Å². The fourth-order valence-corrected chi connectivity index (χ4v) is 1.30. The highest BCUT2D eigenvalue weighted by Crippen LogP contribution is 2.24. The first-order valence-electron chi connectivity index (χ1n) is 4.31. The van der Waals surface area contributed by atoms with E-state index < -0.39 is 0 Å². The van der Waals surface area contributed by atoms with E-state index in [1.807, 2.05) is 12.1 Å². The number of halogens is 1. The highest BCUT2D eigenvalue weighted by molar-refractivity contribution is 9.18. The number of hydrogen-bond acceptors (Lipinski definition) is 3. The highest BCUT2D eigenvalue weighted by atomic mass is 79.9. The molecule has 0 unspecified atom stereocenters. The molecule has 0 fully saturated rings. The second-order valence-electron chi connectivity index (χ2n) is 2.81. The summed E-state index contributed by atoms with van der Waals surface area (Å²) in [6.07, 6.45) is 0. The smallest absolute Gasteiger partial charge is 0.287 e. The Morgan fingerprint density at radius 2 is 2.13 bits per heavy atom. The van der Waals surface area contributed by atoms with Gasteiger partial charge in [0.1, 0.15) is 11.5 Å². The molecule has 0 heterocycles. The lowest BCUT2D eigenvalue weighted by molar-refractivity contribution is 0.261. The van der Waals surface area contributed by atoms with Gasteiger partial charge in [-0.1, -0.05) is 0 Å². The summed E-state index contributed by atoms with van der Waals surface area (Å²) >= 11 is 2.79. The predicted molar refractivity (Wildman–Crippen MR) is 60.7 cm³/mol. The lowest BCUT2D eigenvalue weighted by Crippen LogP contribution is -2.15. The van der Waals surface area contributed by atoms with Gasteiger partial charge in [-0.15, -0.1) is 0 Å². The van der Waals surface area contributed by atoms with Crippen molar-refractivity contribution in [3.8, 4) is 11.5 Å². The standard InChI is InChI=1S/C10H12BrNO3/c1-14-8-4-3-7(6-12-10(11)13)9(5-8)15-2/h3-5H,6H2,1-2H3,(H,12,13). The Balaban J connectivity index is 2.82. The van der Waals surface area contributed by atoms with Gasteiger partial charge in [0.2, 0.25) is 0 Å². The van der Waals surface area contributed by atoms with Gasteiger partial charge < -0.3 is 14.8 Å². The van der Waals surface area contributed by atoms with Crippen molar-refractivity contribution in [1.82, 2.24) is 5.32 Å². The lowest BCUT2D eigenvalue weighted by Gasteiger charge is -2.10. The minimum atomic E-state index is -0.250. The maximum Gasteiger partial charge on any atom is 0.287 e. The van der Waals surface area contributed by atoms with E-state index in [0.717, 1.165) is 11.3 Å². The molecule has 82 valence electrons. The molecule has 4 nitrogen and oxygen atoms in total. The number of benzene rings is 1. The molecule has 0 aliphatic heterocycles. The van der Waals surface area contributed by atoms with Crippen LogP contribution in [0.4, 0.5) is 4.79 Å².